The summed E-state index contributed by atoms with van der Waals surface area (Å²) >= 11 is 1.79. The normalized spacial score (nSPS) is 11.9. The third-order valence-corrected chi connectivity index (χ3v) is 11.0. The zero-order chi connectivity index (χ0) is 33.5. The Balaban J connectivity index is 1.16. The van der Waals surface area contributed by atoms with E-state index in [-0.39, 0.29) is 0 Å². The smallest absolute Gasteiger partial charge is 0.164 e. The van der Waals surface area contributed by atoms with Crippen molar-refractivity contribution in [2.45, 2.75) is 0 Å². The predicted octanol–water partition coefficient (Wildman–Crippen LogP) is 12.2. The van der Waals surface area contributed by atoms with Gasteiger partial charge in [0.2, 0.25) is 0 Å². The van der Waals surface area contributed by atoms with Crippen LogP contribution in [0.2, 0.25) is 0 Å². The number of benzene rings is 7. The molecule has 0 aliphatic carbocycles. The first-order valence-electron chi connectivity index (χ1n) is 16.9. The van der Waals surface area contributed by atoms with Gasteiger partial charge in [0.1, 0.15) is 11.2 Å². The quantitative estimate of drug-likeness (QED) is 0.187. The standard InChI is InChI=1S/C45H26N4OS/c1-3-12-27(13-4-1)43-46-44(28-14-5-2-6-15-28)48-45(47-43)32-18-11-21-41-42(32)35-24-29(22-23-40(35)51-41)49-36-19-9-7-16-30(36)33-25-34-31-17-8-10-20-38(31)50-39(34)26-37(33)49/h1-26H. The molecule has 4 heterocycles. The highest BCUT2D eigenvalue weighted by molar-refractivity contribution is 7.26. The molecule has 0 aliphatic heterocycles. The van der Waals surface area contributed by atoms with Crippen LogP contribution in [0.25, 0.3) is 104 Å². The van der Waals surface area contributed by atoms with Crippen molar-refractivity contribution < 1.29 is 4.42 Å². The van der Waals surface area contributed by atoms with Crippen LogP contribution in [0, 0.1) is 0 Å². The molecule has 0 amide bonds. The maximum absolute atomic E-state index is 6.38. The molecule has 0 saturated heterocycles. The van der Waals surface area contributed by atoms with Crippen molar-refractivity contribution in [2.75, 3.05) is 0 Å². The topological polar surface area (TPSA) is 56.7 Å². The molecule has 0 unspecified atom stereocenters. The zero-order valence-electron chi connectivity index (χ0n) is 27.1. The summed E-state index contributed by atoms with van der Waals surface area (Å²) in [4.78, 5) is 15.1. The molecule has 11 rings (SSSR count). The van der Waals surface area contributed by atoms with Crippen molar-refractivity contribution in [3.05, 3.63) is 158 Å². The SMILES string of the molecule is c1ccc(-c2nc(-c3ccccc3)nc(-c3cccc4sc5ccc(-n6c7ccccc7c7cc8c(cc76)oc6ccccc68)cc5c34)n2)cc1. The van der Waals surface area contributed by atoms with Crippen molar-refractivity contribution in [2.24, 2.45) is 0 Å². The van der Waals surface area contributed by atoms with Gasteiger partial charge in [0.05, 0.1) is 11.0 Å². The Labute approximate surface area is 295 Å². The third kappa shape index (κ3) is 4.37. The van der Waals surface area contributed by atoms with Crippen LogP contribution in [0.5, 0.6) is 0 Å². The van der Waals surface area contributed by atoms with Gasteiger partial charge in [-0.15, -0.1) is 11.3 Å². The van der Waals surface area contributed by atoms with E-state index >= 15 is 0 Å². The van der Waals surface area contributed by atoms with Gasteiger partial charge in [0.15, 0.2) is 17.5 Å². The Hall–Kier alpha value is -6.63. The third-order valence-electron chi connectivity index (χ3n) is 9.85. The summed E-state index contributed by atoms with van der Waals surface area (Å²) in [6.07, 6.45) is 0. The number of para-hydroxylation sites is 2. The average molecular weight is 671 g/mol. The Morgan fingerprint density at radius 3 is 1.90 bits per heavy atom. The van der Waals surface area contributed by atoms with E-state index in [2.05, 4.69) is 89.5 Å². The summed E-state index contributed by atoms with van der Waals surface area (Å²) in [5, 5.41) is 6.99. The van der Waals surface area contributed by atoms with Gasteiger partial charge in [-0.2, -0.15) is 0 Å². The van der Waals surface area contributed by atoms with E-state index in [0.29, 0.717) is 17.5 Å². The second-order valence-electron chi connectivity index (χ2n) is 12.8. The fourth-order valence-corrected chi connectivity index (χ4v) is 8.65. The molecule has 238 valence electrons. The first kappa shape index (κ1) is 28.2. The molecule has 0 N–H and O–H groups in total. The molecule has 6 heteroatoms. The first-order chi connectivity index (χ1) is 25.3. The van der Waals surface area contributed by atoms with E-state index in [9.17, 15) is 0 Å². The molecular weight excluding hydrogens is 645 g/mol. The molecule has 11 aromatic rings. The molecule has 0 bridgehead atoms. The lowest BCUT2D eigenvalue weighted by Crippen LogP contribution is -2.00. The van der Waals surface area contributed by atoms with Crippen molar-refractivity contribution in [3.63, 3.8) is 0 Å². The molecule has 0 saturated carbocycles. The van der Waals surface area contributed by atoms with E-state index in [1.54, 1.807) is 11.3 Å². The minimum absolute atomic E-state index is 0.652. The molecule has 0 spiro atoms. The molecule has 0 aliphatic rings. The van der Waals surface area contributed by atoms with Crippen LogP contribution in [-0.2, 0) is 0 Å². The molecular formula is C45H26N4OS. The molecule has 0 radical (unpaired) electrons. The minimum atomic E-state index is 0.652. The largest absolute Gasteiger partial charge is 0.456 e. The fraction of sp³-hybridized carbons (Fsp3) is 0. The maximum Gasteiger partial charge on any atom is 0.164 e. The Kier molecular flexibility index (Phi) is 6.05. The Morgan fingerprint density at radius 1 is 0.431 bits per heavy atom. The molecule has 0 atom stereocenters. The number of hydrogen-bond acceptors (Lipinski definition) is 5. The van der Waals surface area contributed by atoms with Gasteiger partial charge in [-0.05, 0) is 42.5 Å². The summed E-state index contributed by atoms with van der Waals surface area (Å²) < 4.78 is 11.1. The fourth-order valence-electron chi connectivity index (χ4n) is 7.53. The second-order valence-corrected chi connectivity index (χ2v) is 13.9. The number of fused-ring (bicyclic) bond motifs is 9. The predicted molar refractivity (Wildman–Crippen MR) is 211 cm³/mol. The number of thiophene rings is 1. The number of hydrogen-bond donors (Lipinski definition) is 0. The molecule has 51 heavy (non-hydrogen) atoms. The van der Waals surface area contributed by atoms with Crippen LogP contribution in [0.4, 0.5) is 0 Å². The van der Waals surface area contributed by atoms with Crippen LogP contribution in [-0.4, -0.2) is 19.5 Å². The van der Waals surface area contributed by atoms with Gasteiger partial charge in [0.25, 0.3) is 0 Å². The van der Waals surface area contributed by atoms with E-state index in [0.717, 1.165) is 60.7 Å². The van der Waals surface area contributed by atoms with Gasteiger partial charge in [-0.3, -0.25) is 0 Å². The van der Waals surface area contributed by atoms with E-state index in [1.165, 1.54) is 25.6 Å². The summed E-state index contributed by atoms with van der Waals surface area (Å²) in [5.41, 5.74) is 8.03. The average Bonchev–Trinajstić information content (AvgIpc) is 3.86. The highest BCUT2D eigenvalue weighted by atomic mass is 32.1. The number of furan rings is 1. The first-order valence-corrected chi connectivity index (χ1v) is 17.8. The highest BCUT2D eigenvalue weighted by Crippen LogP contribution is 2.43. The van der Waals surface area contributed by atoms with Crippen LogP contribution in [0.3, 0.4) is 0 Å². The monoisotopic (exact) mass is 670 g/mol. The number of aromatic nitrogens is 4. The lowest BCUT2D eigenvalue weighted by Gasteiger charge is -2.10. The van der Waals surface area contributed by atoms with Gasteiger partial charge in [-0.25, -0.2) is 15.0 Å². The zero-order valence-corrected chi connectivity index (χ0v) is 27.9. The van der Waals surface area contributed by atoms with E-state index in [1.807, 2.05) is 72.8 Å². The molecule has 5 nitrogen and oxygen atoms in total. The Morgan fingerprint density at radius 2 is 1.12 bits per heavy atom. The lowest BCUT2D eigenvalue weighted by molar-refractivity contribution is 0.669. The summed E-state index contributed by atoms with van der Waals surface area (Å²) in [7, 11) is 0. The van der Waals surface area contributed by atoms with Crippen LogP contribution in [0.15, 0.2) is 162 Å². The summed E-state index contributed by atoms with van der Waals surface area (Å²) in [6.45, 7) is 0. The highest BCUT2D eigenvalue weighted by Gasteiger charge is 2.20. The van der Waals surface area contributed by atoms with Crippen molar-refractivity contribution in [1.29, 1.82) is 0 Å². The molecule has 7 aromatic carbocycles. The number of nitrogens with zero attached hydrogens (tertiary/aromatic N) is 4. The summed E-state index contributed by atoms with van der Waals surface area (Å²) in [5.74, 6) is 1.96. The van der Waals surface area contributed by atoms with E-state index in [4.69, 9.17) is 19.4 Å². The van der Waals surface area contributed by atoms with Crippen molar-refractivity contribution in [3.8, 4) is 39.9 Å². The lowest BCUT2D eigenvalue weighted by atomic mass is 10.0. The van der Waals surface area contributed by atoms with Gasteiger partial charge in [0, 0.05) is 70.2 Å². The molecule has 0 fully saturated rings. The van der Waals surface area contributed by atoms with Crippen LogP contribution >= 0.6 is 11.3 Å². The summed E-state index contributed by atoms with van der Waals surface area (Å²) in [6, 6.07) is 54.9. The second kappa shape index (κ2) is 10.9. The van der Waals surface area contributed by atoms with Gasteiger partial charge in [-0.1, -0.05) is 109 Å². The van der Waals surface area contributed by atoms with Crippen molar-refractivity contribution >= 4 is 75.3 Å². The van der Waals surface area contributed by atoms with E-state index < -0.39 is 0 Å². The molecule has 4 aromatic heterocycles. The van der Waals surface area contributed by atoms with Crippen molar-refractivity contribution in [1.82, 2.24) is 19.5 Å². The minimum Gasteiger partial charge on any atom is -0.456 e. The van der Waals surface area contributed by atoms with Gasteiger partial charge >= 0.3 is 0 Å². The van der Waals surface area contributed by atoms with Crippen LogP contribution < -0.4 is 0 Å². The number of rotatable bonds is 4. The van der Waals surface area contributed by atoms with Crippen LogP contribution in [0.1, 0.15) is 0 Å². The van der Waals surface area contributed by atoms with Gasteiger partial charge < -0.3 is 8.98 Å². The Bertz CT molecular complexity index is 3080. The maximum atomic E-state index is 6.38.